The smallest absolute Gasteiger partial charge is 0.217 e. The Morgan fingerprint density at radius 2 is 2.00 bits per heavy atom. The second kappa shape index (κ2) is 8.73. The number of nitrogens with one attached hydrogen (secondary N) is 1. The molecular weight excluding hydrogens is 354 g/mol. The second-order valence-electron chi connectivity index (χ2n) is 8.86. The van der Waals surface area contributed by atoms with Crippen LogP contribution in [0.2, 0.25) is 0 Å². The van der Waals surface area contributed by atoms with Crippen LogP contribution in [0, 0.1) is 11.8 Å². The summed E-state index contributed by atoms with van der Waals surface area (Å²) in [5.74, 6) is 3.31. The Balaban J connectivity index is 1.21. The van der Waals surface area contributed by atoms with E-state index in [0.29, 0.717) is 18.6 Å². The maximum atomic E-state index is 11.1. The van der Waals surface area contributed by atoms with Crippen molar-refractivity contribution in [3.8, 4) is 11.5 Å². The summed E-state index contributed by atoms with van der Waals surface area (Å²) in [5.41, 5.74) is 1.31. The van der Waals surface area contributed by atoms with Gasteiger partial charge in [0.2, 0.25) is 5.91 Å². The molecule has 3 aliphatic rings. The molecule has 2 aliphatic carbocycles. The van der Waals surface area contributed by atoms with Crippen molar-refractivity contribution in [3.05, 3.63) is 23.8 Å². The maximum absolute atomic E-state index is 11.1. The number of amides is 1. The fourth-order valence-electron chi connectivity index (χ4n) is 4.38. The number of rotatable bonds is 8. The van der Waals surface area contributed by atoms with Crippen LogP contribution in [0.15, 0.2) is 18.2 Å². The van der Waals surface area contributed by atoms with Crippen LogP contribution in [0.3, 0.4) is 0 Å². The zero-order valence-corrected chi connectivity index (χ0v) is 17.1. The van der Waals surface area contributed by atoms with E-state index in [9.17, 15) is 4.79 Å². The minimum Gasteiger partial charge on any atom is -0.493 e. The molecule has 1 aromatic rings. The van der Waals surface area contributed by atoms with Crippen molar-refractivity contribution in [2.24, 2.45) is 11.8 Å². The summed E-state index contributed by atoms with van der Waals surface area (Å²) in [4.78, 5) is 11.1. The highest BCUT2D eigenvalue weighted by Crippen LogP contribution is 2.39. The lowest BCUT2D eigenvalue weighted by Crippen LogP contribution is -2.37. The third-order valence-electron chi connectivity index (χ3n) is 6.20. The van der Waals surface area contributed by atoms with Crippen LogP contribution in [0.1, 0.15) is 57.9 Å². The Labute approximate surface area is 168 Å². The first kappa shape index (κ1) is 19.6. The van der Waals surface area contributed by atoms with Crippen LogP contribution in [-0.2, 0) is 16.0 Å². The van der Waals surface area contributed by atoms with Crippen molar-refractivity contribution < 1.29 is 19.0 Å². The number of carbonyl (C=O) groups is 1. The van der Waals surface area contributed by atoms with Crippen molar-refractivity contribution in [2.45, 2.75) is 77.0 Å². The van der Waals surface area contributed by atoms with E-state index in [-0.39, 0.29) is 18.1 Å². The van der Waals surface area contributed by atoms with Gasteiger partial charge in [0, 0.05) is 25.5 Å². The largest absolute Gasteiger partial charge is 0.493 e. The standard InChI is InChI=1S/C23H33NO4/c1-15(24-16(2)25)13-26-20-8-5-18(6-9-20)22-11-19-7-10-21(12-23(19)28-22)27-14-17-3-4-17/h7,10,12,15,17-18,20,22H,3-6,8-9,11,13-14H2,1-2H3,(H,24,25). The number of hydrogen-bond acceptors (Lipinski definition) is 4. The van der Waals surface area contributed by atoms with E-state index in [1.807, 2.05) is 6.92 Å². The fraction of sp³-hybridized carbons (Fsp3) is 0.696. The molecule has 154 valence electrons. The average molecular weight is 388 g/mol. The first-order valence-electron chi connectivity index (χ1n) is 10.9. The third kappa shape index (κ3) is 5.19. The zero-order valence-electron chi connectivity index (χ0n) is 17.1. The number of ether oxygens (including phenoxy) is 3. The van der Waals surface area contributed by atoms with Gasteiger partial charge in [-0.1, -0.05) is 6.07 Å². The van der Waals surface area contributed by atoms with Crippen LogP contribution < -0.4 is 14.8 Å². The molecule has 5 heteroatoms. The topological polar surface area (TPSA) is 56.8 Å². The number of hydrogen-bond donors (Lipinski definition) is 1. The predicted molar refractivity (Wildman–Crippen MR) is 108 cm³/mol. The Hall–Kier alpha value is -1.75. The van der Waals surface area contributed by atoms with Gasteiger partial charge in [-0.2, -0.15) is 0 Å². The van der Waals surface area contributed by atoms with Gasteiger partial charge in [-0.3, -0.25) is 4.79 Å². The summed E-state index contributed by atoms with van der Waals surface area (Å²) < 4.78 is 18.2. The number of fused-ring (bicyclic) bond motifs is 1. The molecule has 0 saturated heterocycles. The van der Waals surface area contributed by atoms with E-state index in [1.54, 1.807) is 6.92 Å². The van der Waals surface area contributed by atoms with Gasteiger partial charge in [0.15, 0.2) is 0 Å². The van der Waals surface area contributed by atoms with Crippen LogP contribution in [0.4, 0.5) is 0 Å². The molecule has 2 atom stereocenters. The van der Waals surface area contributed by atoms with Gasteiger partial charge < -0.3 is 19.5 Å². The lowest BCUT2D eigenvalue weighted by molar-refractivity contribution is -0.120. The first-order chi connectivity index (χ1) is 13.6. The predicted octanol–water partition coefficient (Wildman–Crippen LogP) is 3.88. The SMILES string of the molecule is CC(=O)NC(C)COC1CCC(C2Cc3ccc(OCC4CC4)cc3O2)CC1. The quantitative estimate of drug-likeness (QED) is 0.735. The minimum atomic E-state index is -0.00106. The van der Waals surface area contributed by atoms with Crippen LogP contribution in [0.25, 0.3) is 0 Å². The van der Waals surface area contributed by atoms with Gasteiger partial charge in [-0.05, 0) is 68.9 Å². The molecule has 0 radical (unpaired) electrons. The third-order valence-corrected chi connectivity index (χ3v) is 6.20. The molecule has 0 bridgehead atoms. The Bertz CT molecular complexity index is 679. The Morgan fingerprint density at radius 1 is 1.21 bits per heavy atom. The van der Waals surface area contributed by atoms with Gasteiger partial charge in [0.25, 0.3) is 0 Å². The Kier molecular flexibility index (Phi) is 6.10. The molecule has 2 unspecified atom stereocenters. The minimum absolute atomic E-state index is 0.00106. The van der Waals surface area contributed by atoms with E-state index in [0.717, 1.165) is 56.1 Å². The van der Waals surface area contributed by atoms with Gasteiger partial charge in [0.05, 0.1) is 19.3 Å². The van der Waals surface area contributed by atoms with Crippen LogP contribution in [-0.4, -0.2) is 37.4 Å². The molecule has 1 amide bonds. The van der Waals surface area contributed by atoms with E-state index in [4.69, 9.17) is 14.2 Å². The first-order valence-corrected chi connectivity index (χ1v) is 10.9. The molecule has 1 aromatic carbocycles. The van der Waals surface area contributed by atoms with Gasteiger partial charge >= 0.3 is 0 Å². The average Bonchev–Trinajstić information content (AvgIpc) is 3.41. The van der Waals surface area contributed by atoms with Gasteiger partial charge in [-0.25, -0.2) is 0 Å². The van der Waals surface area contributed by atoms with Crippen molar-refractivity contribution in [1.29, 1.82) is 0 Å². The summed E-state index contributed by atoms with van der Waals surface area (Å²) in [7, 11) is 0. The number of carbonyl (C=O) groups excluding carboxylic acids is 1. The highest BCUT2D eigenvalue weighted by molar-refractivity contribution is 5.73. The molecule has 0 spiro atoms. The maximum Gasteiger partial charge on any atom is 0.217 e. The van der Waals surface area contributed by atoms with Crippen molar-refractivity contribution in [3.63, 3.8) is 0 Å². The summed E-state index contributed by atoms with van der Waals surface area (Å²) in [6.45, 7) is 4.96. The fourth-order valence-corrected chi connectivity index (χ4v) is 4.38. The second-order valence-corrected chi connectivity index (χ2v) is 8.86. The summed E-state index contributed by atoms with van der Waals surface area (Å²) in [6, 6.07) is 6.42. The Morgan fingerprint density at radius 3 is 2.71 bits per heavy atom. The van der Waals surface area contributed by atoms with Gasteiger partial charge in [-0.15, -0.1) is 0 Å². The molecule has 5 nitrogen and oxygen atoms in total. The molecule has 2 fully saturated rings. The summed E-state index contributed by atoms with van der Waals surface area (Å²) in [5, 5.41) is 2.87. The molecule has 4 rings (SSSR count). The van der Waals surface area contributed by atoms with E-state index in [2.05, 4.69) is 23.5 Å². The summed E-state index contributed by atoms with van der Waals surface area (Å²) >= 11 is 0. The normalized spacial score (nSPS) is 27.6. The molecule has 1 aliphatic heterocycles. The molecule has 2 saturated carbocycles. The lowest BCUT2D eigenvalue weighted by atomic mass is 9.82. The van der Waals surface area contributed by atoms with Crippen molar-refractivity contribution in [2.75, 3.05) is 13.2 Å². The highest BCUT2D eigenvalue weighted by atomic mass is 16.5. The molecule has 0 aromatic heterocycles. The van der Waals surface area contributed by atoms with E-state index in [1.165, 1.54) is 18.4 Å². The van der Waals surface area contributed by atoms with E-state index < -0.39 is 0 Å². The van der Waals surface area contributed by atoms with Crippen molar-refractivity contribution in [1.82, 2.24) is 5.32 Å². The van der Waals surface area contributed by atoms with Gasteiger partial charge in [0.1, 0.15) is 17.6 Å². The molecule has 1 N–H and O–H groups in total. The molecule has 1 heterocycles. The monoisotopic (exact) mass is 387 g/mol. The summed E-state index contributed by atoms with van der Waals surface area (Å²) in [6.07, 6.45) is 8.64. The van der Waals surface area contributed by atoms with Crippen LogP contribution in [0.5, 0.6) is 11.5 Å². The number of benzene rings is 1. The van der Waals surface area contributed by atoms with Crippen LogP contribution >= 0.6 is 0 Å². The molecule has 28 heavy (non-hydrogen) atoms. The van der Waals surface area contributed by atoms with Crippen molar-refractivity contribution >= 4 is 5.91 Å². The highest BCUT2D eigenvalue weighted by Gasteiger charge is 2.34. The zero-order chi connectivity index (χ0) is 19.5. The molecular formula is C23H33NO4. The lowest BCUT2D eigenvalue weighted by Gasteiger charge is -2.32. The van der Waals surface area contributed by atoms with E-state index >= 15 is 0 Å².